The molecule has 0 radical (unpaired) electrons. The SMILES string of the molecule is CC(C)(C)OC(=O)N1CCC[C@@H](CCCSc2ncc(B3OC(C)(C)C(C)(C)O3)cn2)C1. The van der Waals surface area contributed by atoms with Crippen LogP contribution in [0.15, 0.2) is 17.6 Å². The van der Waals surface area contributed by atoms with Crippen molar-refractivity contribution in [2.45, 2.75) is 96.1 Å². The molecule has 2 fully saturated rings. The largest absolute Gasteiger partial charge is 0.498 e. The van der Waals surface area contributed by atoms with Crippen molar-refractivity contribution in [1.82, 2.24) is 14.9 Å². The van der Waals surface area contributed by atoms with E-state index in [4.69, 9.17) is 14.0 Å². The molecule has 0 N–H and O–H groups in total. The first kappa shape index (κ1) is 25.3. The highest BCUT2D eigenvalue weighted by Crippen LogP contribution is 2.36. The fourth-order valence-electron chi connectivity index (χ4n) is 3.83. The van der Waals surface area contributed by atoms with E-state index in [1.54, 1.807) is 24.2 Å². The Kier molecular flexibility index (Phi) is 7.83. The maximum atomic E-state index is 12.3. The molecule has 0 aliphatic carbocycles. The molecule has 0 aromatic carbocycles. The molecule has 1 aromatic heterocycles. The van der Waals surface area contributed by atoms with Crippen molar-refractivity contribution in [2.75, 3.05) is 18.8 Å². The zero-order valence-corrected chi connectivity index (χ0v) is 21.5. The zero-order valence-electron chi connectivity index (χ0n) is 20.6. The number of carbonyl (C=O) groups is 1. The van der Waals surface area contributed by atoms with Crippen LogP contribution in [-0.2, 0) is 14.0 Å². The fourth-order valence-corrected chi connectivity index (χ4v) is 4.58. The van der Waals surface area contributed by atoms with E-state index in [2.05, 4.69) is 9.97 Å². The van der Waals surface area contributed by atoms with Crippen LogP contribution in [0.1, 0.15) is 74.1 Å². The summed E-state index contributed by atoms with van der Waals surface area (Å²) in [7, 11) is -0.432. The maximum absolute atomic E-state index is 12.3. The monoisotopic (exact) mass is 463 g/mol. The molecule has 0 bridgehead atoms. The van der Waals surface area contributed by atoms with Gasteiger partial charge in [0.25, 0.3) is 0 Å². The van der Waals surface area contributed by atoms with Gasteiger partial charge < -0.3 is 18.9 Å². The number of hydrogen-bond acceptors (Lipinski definition) is 7. The molecule has 1 aromatic rings. The summed E-state index contributed by atoms with van der Waals surface area (Å²) in [6.45, 7) is 15.5. The third-order valence-electron chi connectivity index (χ3n) is 6.33. The Morgan fingerprint density at radius 1 is 1.22 bits per heavy atom. The lowest BCUT2D eigenvalue weighted by Gasteiger charge is -2.34. The van der Waals surface area contributed by atoms with Crippen LogP contribution in [-0.4, -0.2) is 63.7 Å². The zero-order chi connectivity index (χ0) is 23.6. The predicted octanol–water partition coefficient (Wildman–Crippen LogP) is 4.30. The van der Waals surface area contributed by atoms with Gasteiger partial charge in [-0.25, -0.2) is 14.8 Å². The van der Waals surface area contributed by atoms with E-state index in [9.17, 15) is 4.79 Å². The highest BCUT2D eigenvalue weighted by Gasteiger charge is 2.51. The summed E-state index contributed by atoms with van der Waals surface area (Å²) in [5, 5.41) is 0.768. The summed E-state index contributed by atoms with van der Waals surface area (Å²) in [5.41, 5.74) is -0.344. The third-order valence-corrected chi connectivity index (χ3v) is 7.29. The minimum absolute atomic E-state index is 0.188. The van der Waals surface area contributed by atoms with Crippen molar-refractivity contribution < 1.29 is 18.8 Å². The summed E-state index contributed by atoms with van der Waals surface area (Å²) in [5.74, 6) is 1.49. The molecule has 1 atom stereocenters. The number of ether oxygens (including phenoxy) is 1. The van der Waals surface area contributed by atoms with E-state index in [0.29, 0.717) is 5.92 Å². The van der Waals surface area contributed by atoms with E-state index in [1.165, 1.54) is 6.42 Å². The van der Waals surface area contributed by atoms with Crippen LogP contribution in [0.2, 0.25) is 0 Å². The molecule has 178 valence electrons. The molecule has 3 rings (SSSR count). The van der Waals surface area contributed by atoms with Gasteiger partial charge in [0, 0.05) is 36.7 Å². The number of piperidine rings is 1. The van der Waals surface area contributed by atoms with Gasteiger partial charge in [-0.2, -0.15) is 0 Å². The molecule has 2 saturated heterocycles. The average Bonchev–Trinajstić information content (AvgIpc) is 2.92. The minimum Gasteiger partial charge on any atom is -0.444 e. The first-order valence-electron chi connectivity index (χ1n) is 11.6. The van der Waals surface area contributed by atoms with Crippen molar-refractivity contribution in [3.8, 4) is 0 Å². The molecule has 7 nitrogen and oxygen atoms in total. The van der Waals surface area contributed by atoms with Gasteiger partial charge >= 0.3 is 13.2 Å². The Balaban J connectivity index is 1.40. The smallest absolute Gasteiger partial charge is 0.444 e. The number of thioether (sulfide) groups is 1. The molecule has 3 heterocycles. The number of aromatic nitrogens is 2. The van der Waals surface area contributed by atoms with Gasteiger partial charge in [-0.1, -0.05) is 11.8 Å². The topological polar surface area (TPSA) is 73.8 Å². The van der Waals surface area contributed by atoms with Gasteiger partial charge in [-0.3, -0.25) is 0 Å². The Bertz CT molecular complexity index is 766. The van der Waals surface area contributed by atoms with Gasteiger partial charge in [-0.05, 0) is 80.1 Å². The van der Waals surface area contributed by atoms with Crippen LogP contribution in [0.4, 0.5) is 4.79 Å². The minimum atomic E-state index is -0.446. The highest BCUT2D eigenvalue weighted by molar-refractivity contribution is 7.99. The molecule has 0 spiro atoms. The highest BCUT2D eigenvalue weighted by atomic mass is 32.2. The number of amides is 1. The van der Waals surface area contributed by atoms with Crippen molar-refractivity contribution in [1.29, 1.82) is 0 Å². The van der Waals surface area contributed by atoms with E-state index in [0.717, 1.165) is 48.7 Å². The Morgan fingerprint density at radius 3 is 2.44 bits per heavy atom. The van der Waals surface area contributed by atoms with E-state index >= 15 is 0 Å². The fraction of sp³-hybridized carbons (Fsp3) is 0.783. The lowest BCUT2D eigenvalue weighted by Crippen LogP contribution is -2.42. The Morgan fingerprint density at radius 2 is 1.84 bits per heavy atom. The van der Waals surface area contributed by atoms with Gasteiger partial charge in [0.1, 0.15) is 5.60 Å². The summed E-state index contributed by atoms with van der Waals surface area (Å²) < 4.78 is 17.7. The summed E-state index contributed by atoms with van der Waals surface area (Å²) in [6, 6.07) is 0. The standard InChI is InChI=1S/C23H38BN3O4S/c1-21(2,3)29-20(28)27-12-8-10-17(16-27)11-9-13-32-19-25-14-18(15-26-19)24-30-22(4,5)23(6,7)31-24/h14-15,17H,8-13,16H2,1-7H3/t17-/m0/s1. The molecule has 32 heavy (non-hydrogen) atoms. The predicted molar refractivity (Wildman–Crippen MR) is 128 cm³/mol. The second-order valence-corrected chi connectivity index (χ2v) is 11.9. The molecule has 2 aliphatic rings. The van der Waals surface area contributed by atoms with Crippen LogP contribution >= 0.6 is 11.8 Å². The summed E-state index contributed by atoms with van der Waals surface area (Å²) >= 11 is 1.67. The Labute approximate surface area is 197 Å². The third kappa shape index (κ3) is 6.61. The number of nitrogens with zero attached hydrogens (tertiary/aromatic N) is 3. The molecule has 0 saturated carbocycles. The normalized spacial score (nSPS) is 22.8. The van der Waals surface area contributed by atoms with Crippen LogP contribution in [0, 0.1) is 5.92 Å². The number of rotatable bonds is 6. The number of carbonyl (C=O) groups excluding carboxylic acids is 1. The summed E-state index contributed by atoms with van der Waals surface area (Å²) in [4.78, 5) is 23.2. The van der Waals surface area contributed by atoms with E-state index in [1.807, 2.05) is 53.4 Å². The second-order valence-electron chi connectivity index (χ2n) is 10.8. The van der Waals surface area contributed by atoms with Crippen molar-refractivity contribution in [3.63, 3.8) is 0 Å². The number of hydrogen-bond donors (Lipinski definition) is 0. The van der Waals surface area contributed by atoms with Crippen LogP contribution in [0.3, 0.4) is 0 Å². The van der Waals surface area contributed by atoms with Crippen molar-refractivity contribution in [3.05, 3.63) is 12.4 Å². The van der Waals surface area contributed by atoms with Crippen LogP contribution in [0.25, 0.3) is 0 Å². The molecular formula is C23H38BN3O4S. The van der Waals surface area contributed by atoms with Gasteiger partial charge in [0.15, 0.2) is 5.16 Å². The quantitative estimate of drug-likeness (QED) is 0.270. The van der Waals surface area contributed by atoms with E-state index < -0.39 is 12.7 Å². The van der Waals surface area contributed by atoms with Gasteiger partial charge in [-0.15, -0.1) is 0 Å². The lowest BCUT2D eigenvalue weighted by molar-refractivity contribution is 0.00578. The second kappa shape index (κ2) is 9.89. The molecule has 2 aliphatic heterocycles. The first-order valence-corrected chi connectivity index (χ1v) is 12.6. The number of likely N-dealkylation sites (tertiary alicyclic amines) is 1. The molecular weight excluding hydrogens is 425 g/mol. The van der Waals surface area contributed by atoms with E-state index in [-0.39, 0.29) is 17.3 Å². The van der Waals surface area contributed by atoms with Gasteiger partial charge in [0.2, 0.25) is 0 Å². The average molecular weight is 463 g/mol. The molecule has 0 unspecified atom stereocenters. The lowest BCUT2D eigenvalue weighted by atomic mass is 9.81. The van der Waals surface area contributed by atoms with Crippen LogP contribution in [0.5, 0.6) is 0 Å². The Hall–Kier alpha value is -1.32. The van der Waals surface area contributed by atoms with Crippen molar-refractivity contribution >= 4 is 30.4 Å². The van der Waals surface area contributed by atoms with Crippen molar-refractivity contribution in [2.24, 2.45) is 5.92 Å². The maximum Gasteiger partial charge on any atom is 0.498 e. The summed E-state index contributed by atoms with van der Waals surface area (Å²) in [6.07, 6.45) is 7.79. The molecule has 1 amide bonds. The van der Waals surface area contributed by atoms with Gasteiger partial charge in [0.05, 0.1) is 11.2 Å². The van der Waals surface area contributed by atoms with Crippen LogP contribution < -0.4 is 5.46 Å². The molecule has 9 heteroatoms. The first-order chi connectivity index (χ1) is 14.9.